The van der Waals surface area contributed by atoms with Gasteiger partial charge in [-0.15, -0.1) is 11.3 Å². The summed E-state index contributed by atoms with van der Waals surface area (Å²) in [6.45, 7) is -0.310. The van der Waals surface area contributed by atoms with Crippen molar-refractivity contribution in [1.29, 1.82) is 0 Å². The number of ketones is 1. The number of nitrogens with zero attached hydrogens (tertiary/aromatic N) is 1. The molecule has 1 aliphatic rings. The van der Waals surface area contributed by atoms with Crippen molar-refractivity contribution in [2.75, 3.05) is 11.9 Å². The van der Waals surface area contributed by atoms with Crippen molar-refractivity contribution in [3.05, 3.63) is 71.3 Å². The molecule has 0 spiro atoms. The number of para-hydroxylation sites is 1. The molecule has 1 aromatic carbocycles. The van der Waals surface area contributed by atoms with Crippen LogP contribution in [0.25, 0.3) is 10.8 Å². The van der Waals surface area contributed by atoms with Gasteiger partial charge in [-0.1, -0.05) is 24.3 Å². The van der Waals surface area contributed by atoms with Gasteiger partial charge in [0.15, 0.2) is 12.2 Å². The average molecular weight is 382 g/mol. The number of anilines is 1. The van der Waals surface area contributed by atoms with Gasteiger partial charge in [0.25, 0.3) is 0 Å². The summed E-state index contributed by atoms with van der Waals surface area (Å²) in [6, 6.07) is 12.9. The molecule has 0 saturated carbocycles. The number of ether oxygens (including phenoxy) is 2. The lowest BCUT2D eigenvalue weighted by molar-refractivity contribution is -0.141. The van der Waals surface area contributed by atoms with E-state index in [-0.39, 0.29) is 24.7 Å². The van der Waals surface area contributed by atoms with Crippen LogP contribution in [0.3, 0.4) is 0 Å². The zero-order valence-corrected chi connectivity index (χ0v) is 14.8. The molecule has 0 atom stereocenters. The Bertz CT molecular complexity index is 992. The van der Waals surface area contributed by atoms with Crippen LogP contribution in [0.4, 0.5) is 5.69 Å². The molecule has 0 bridgehead atoms. The molecule has 1 N–H and O–H groups in total. The molecule has 3 heterocycles. The average Bonchev–Trinajstić information content (AvgIpc) is 3.42. The number of oxazole rings is 1. The molecule has 0 saturated heterocycles. The summed E-state index contributed by atoms with van der Waals surface area (Å²) in [7, 11) is 0. The first-order chi connectivity index (χ1) is 13.2. The van der Waals surface area contributed by atoms with Crippen molar-refractivity contribution < 1.29 is 23.5 Å². The Morgan fingerprint density at radius 2 is 2.07 bits per heavy atom. The Morgan fingerprint density at radius 1 is 1.22 bits per heavy atom. The van der Waals surface area contributed by atoms with E-state index in [2.05, 4.69) is 10.3 Å². The number of rotatable bonds is 6. The molecule has 1 aliphatic heterocycles. The van der Waals surface area contributed by atoms with E-state index in [1.807, 2.05) is 35.7 Å². The van der Waals surface area contributed by atoms with Crippen LogP contribution in [0, 0.1) is 0 Å². The lowest BCUT2D eigenvalue weighted by atomic mass is 10.2. The molecule has 7 nitrogen and oxygen atoms in total. The number of aromatic nitrogens is 1. The summed E-state index contributed by atoms with van der Waals surface area (Å²) in [5, 5.41) is 4.84. The SMILES string of the molecule is O=C1COC(Nc2ccccc2)=C1C(=O)OCc1coc(-c2cccs2)n1. The highest BCUT2D eigenvalue weighted by Crippen LogP contribution is 2.24. The van der Waals surface area contributed by atoms with Gasteiger partial charge < -0.3 is 19.2 Å². The lowest BCUT2D eigenvalue weighted by Crippen LogP contribution is -2.16. The van der Waals surface area contributed by atoms with Gasteiger partial charge in [0.05, 0.1) is 4.88 Å². The third-order valence-corrected chi connectivity index (χ3v) is 4.58. The van der Waals surface area contributed by atoms with E-state index in [0.717, 1.165) is 4.88 Å². The third-order valence-electron chi connectivity index (χ3n) is 3.72. The highest BCUT2D eigenvalue weighted by molar-refractivity contribution is 7.13. The minimum Gasteiger partial charge on any atom is -0.470 e. The maximum absolute atomic E-state index is 12.4. The predicted molar refractivity (Wildman–Crippen MR) is 97.7 cm³/mol. The van der Waals surface area contributed by atoms with E-state index in [1.54, 1.807) is 12.1 Å². The van der Waals surface area contributed by atoms with E-state index in [4.69, 9.17) is 13.9 Å². The van der Waals surface area contributed by atoms with E-state index >= 15 is 0 Å². The number of carbonyl (C=O) groups excluding carboxylic acids is 2. The predicted octanol–water partition coefficient (Wildman–Crippen LogP) is 3.37. The maximum Gasteiger partial charge on any atom is 0.347 e. The number of nitrogens with one attached hydrogen (secondary N) is 1. The largest absolute Gasteiger partial charge is 0.470 e. The molecule has 27 heavy (non-hydrogen) atoms. The summed E-state index contributed by atoms with van der Waals surface area (Å²) in [5.41, 5.74) is 1.02. The van der Waals surface area contributed by atoms with Crippen LogP contribution in [-0.2, 0) is 25.7 Å². The fourth-order valence-electron chi connectivity index (χ4n) is 2.46. The van der Waals surface area contributed by atoms with Gasteiger partial charge in [0, 0.05) is 5.69 Å². The van der Waals surface area contributed by atoms with Gasteiger partial charge in [-0.3, -0.25) is 4.79 Å². The monoisotopic (exact) mass is 382 g/mol. The smallest absolute Gasteiger partial charge is 0.347 e. The maximum atomic E-state index is 12.4. The molecule has 4 rings (SSSR count). The minimum atomic E-state index is -0.767. The van der Waals surface area contributed by atoms with Crippen molar-refractivity contribution in [2.45, 2.75) is 6.61 Å². The van der Waals surface area contributed by atoms with Crippen LogP contribution in [0.1, 0.15) is 5.69 Å². The van der Waals surface area contributed by atoms with Gasteiger partial charge in [-0.2, -0.15) is 0 Å². The highest BCUT2D eigenvalue weighted by atomic mass is 32.1. The summed E-state index contributed by atoms with van der Waals surface area (Å²) < 4.78 is 15.9. The minimum absolute atomic E-state index is 0.0932. The first-order valence-electron chi connectivity index (χ1n) is 8.08. The van der Waals surface area contributed by atoms with Crippen LogP contribution in [0.5, 0.6) is 0 Å². The molecule has 0 aliphatic carbocycles. The molecule has 0 radical (unpaired) electrons. The topological polar surface area (TPSA) is 90.7 Å². The molecule has 0 fully saturated rings. The zero-order chi connectivity index (χ0) is 18.6. The van der Waals surface area contributed by atoms with Gasteiger partial charge in [-0.05, 0) is 23.6 Å². The second kappa shape index (κ2) is 7.46. The summed E-state index contributed by atoms with van der Waals surface area (Å²) >= 11 is 1.49. The van der Waals surface area contributed by atoms with Gasteiger partial charge >= 0.3 is 5.97 Å². The van der Waals surface area contributed by atoms with E-state index in [1.165, 1.54) is 17.6 Å². The third kappa shape index (κ3) is 3.75. The molecule has 0 unspecified atom stereocenters. The number of hydrogen-bond acceptors (Lipinski definition) is 8. The van der Waals surface area contributed by atoms with E-state index < -0.39 is 11.8 Å². The fraction of sp³-hybridized carbons (Fsp3) is 0.105. The molecule has 8 heteroatoms. The normalized spacial score (nSPS) is 13.6. The van der Waals surface area contributed by atoms with Crippen LogP contribution < -0.4 is 5.32 Å². The van der Waals surface area contributed by atoms with Gasteiger partial charge in [0.2, 0.25) is 17.6 Å². The molecule has 0 amide bonds. The summed E-state index contributed by atoms with van der Waals surface area (Å²) in [6.07, 6.45) is 1.42. The van der Waals surface area contributed by atoms with Crippen molar-refractivity contribution in [3.63, 3.8) is 0 Å². The quantitative estimate of drug-likeness (QED) is 0.516. The Labute approximate surface area is 158 Å². The highest BCUT2D eigenvalue weighted by Gasteiger charge is 2.32. The second-order valence-electron chi connectivity index (χ2n) is 5.60. The van der Waals surface area contributed by atoms with Crippen LogP contribution in [0.15, 0.2) is 70.0 Å². The number of hydrogen-bond donors (Lipinski definition) is 1. The first kappa shape index (κ1) is 17.0. The number of Topliss-reactive ketones (excluding diaryl/α,β-unsaturated/α-hetero) is 1. The number of esters is 1. The number of benzene rings is 1. The molecule has 2 aromatic heterocycles. The molecular weight excluding hydrogens is 368 g/mol. The van der Waals surface area contributed by atoms with Crippen molar-refractivity contribution in [2.24, 2.45) is 0 Å². The van der Waals surface area contributed by atoms with E-state index in [0.29, 0.717) is 17.3 Å². The van der Waals surface area contributed by atoms with Gasteiger partial charge in [-0.25, -0.2) is 9.78 Å². The number of carbonyl (C=O) groups is 2. The Balaban J connectivity index is 1.44. The Kier molecular flexibility index (Phi) is 4.71. The molecule has 3 aromatic rings. The fourth-order valence-corrected chi connectivity index (χ4v) is 3.12. The van der Waals surface area contributed by atoms with Crippen molar-refractivity contribution in [3.8, 4) is 10.8 Å². The van der Waals surface area contributed by atoms with E-state index in [9.17, 15) is 9.59 Å². The molecule has 136 valence electrons. The van der Waals surface area contributed by atoms with Crippen LogP contribution >= 0.6 is 11.3 Å². The van der Waals surface area contributed by atoms with Crippen LogP contribution in [0.2, 0.25) is 0 Å². The Hall–Kier alpha value is -3.39. The van der Waals surface area contributed by atoms with Crippen LogP contribution in [-0.4, -0.2) is 23.3 Å². The Morgan fingerprint density at radius 3 is 2.85 bits per heavy atom. The van der Waals surface area contributed by atoms with Crippen molar-refractivity contribution in [1.82, 2.24) is 4.98 Å². The zero-order valence-electron chi connectivity index (χ0n) is 14.0. The molecular formula is C19H14N2O5S. The summed E-state index contributed by atoms with van der Waals surface area (Å²) in [5.74, 6) is -0.646. The summed E-state index contributed by atoms with van der Waals surface area (Å²) in [4.78, 5) is 29.6. The lowest BCUT2D eigenvalue weighted by Gasteiger charge is -2.08. The standard InChI is InChI=1S/C19H14N2O5S/c22-14-11-25-18(20-12-5-2-1-3-6-12)16(14)19(23)26-10-13-9-24-17(21-13)15-7-4-8-27-15/h1-9,20H,10-11H2. The number of thiophene rings is 1. The van der Waals surface area contributed by atoms with Gasteiger partial charge in [0.1, 0.15) is 18.6 Å². The first-order valence-corrected chi connectivity index (χ1v) is 8.96. The second-order valence-corrected chi connectivity index (χ2v) is 6.55. The van der Waals surface area contributed by atoms with Crippen molar-refractivity contribution >= 4 is 28.8 Å².